The third-order valence-corrected chi connectivity index (χ3v) is 7.67. The van der Waals surface area contributed by atoms with Crippen LogP contribution in [0, 0.1) is 6.92 Å². The molecule has 0 fully saturated rings. The topological polar surface area (TPSA) is 271 Å². The Balaban J connectivity index is 1.86. The Bertz CT molecular complexity index is 2020. The minimum atomic E-state index is -1.47. The number of hydrogen-bond acceptors (Lipinski definition) is 13. The molecule has 4 rings (SSSR count). The van der Waals surface area contributed by atoms with Crippen molar-refractivity contribution in [2.45, 2.75) is 6.92 Å². The maximum atomic E-state index is 12.9. The summed E-state index contributed by atoms with van der Waals surface area (Å²) in [5.74, 6) is -7.28. The van der Waals surface area contributed by atoms with Crippen LogP contribution in [0.25, 0.3) is 33.4 Å². The highest BCUT2D eigenvalue weighted by molar-refractivity contribution is 6.09. The van der Waals surface area contributed by atoms with E-state index in [-0.39, 0.29) is 88.3 Å². The number of carbonyl (C=O) groups is 5. The van der Waals surface area contributed by atoms with E-state index in [9.17, 15) is 49.2 Å². The molecule has 0 atom stereocenters. The summed E-state index contributed by atoms with van der Waals surface area (Å²) in [6.07, 6.45) is 0. The molecule has 2 aromatic rings. The molecular formula is C34H34N2O16. The van der Waals surface area contributed by atoms with Gasteiger partial charge in [-0.3, -0.25) is 28.9 Å². The maximum Gasteiger partial charge on any atom is 0.336 e. The molecule has 0 spiro atoms. The summed E-state index contributed by atoms with van der Waals surface area (Å²) >= 11 is 0. The van der Waals surface area contributed by atoms with Gasteiger partial charge >= 0.3 is 29.8 Å². The second-order valence-corrected chi connectivity index (χ2v) is 11.4. The Morgan fingerprint density at radius 2 is 1.38 bits per heavy atom. The van der Waals surface area contributed by atoms with Gasteiger partial charge in [-0.2, -0.15) is 0 Å². The number of nitrogens with zero attached hydrogens (tertiary/aromatic N) is 2. The predicted molar refractivity (Wildman–Crippen MR) is 180 cm³/mol. The zero-order chi connectivity index (χ0) is 38.3. The van der Waals surface area contributed by atoms with Gasteiger partial charge in [-0.05, 0) is 42.3 Å². The van der Waals surface area contributed by atoms with Crippen LogP contribution in [-0.4, -0.2) is 125 Å². The fraction of sp³-hybridized carbons (Fsp3) is 0.294. The molecular weight excluding hydrogens is 692 g/mol. The van der Waals surface area contributed by atoms with Crippen molar-refractivity contribution in [2.75, 3.05) is 64.6 Å². The van der Waals surface area contributed by atoms with Gasteiger partial charge in [0.1, 0.15) is 42.5 Å². The molecule has 276 valence electrons. The van der Waals surface area contributed by atoms with Crippen LogP contribution in [0.3, 0.4) is 0 Å². The Kier molecular flexibility index (Phi) is 12.2. The molecule has 52 heavy (non-hydrogen) atoms. The molecule has 2 aromatic carbocycles. The normalized spacial score (nSPS) is 11.1. The number of ether oxygens (including phenoxy) is 3. The highest BCUT2D eigenvalue weighted by atomic mass is 16.5. The molecule has 1 aliphatic carbocycles. The largest absolute Gasteiger partial charge is 0.508 e. The SMILES string of the molecule is COc1cc2c(-c3cc(N(CC(=O)O)CC(=O)O)c(OCCOCCN(CC(=O)O)CC(=O)O)cc3C(=O)O)c3cc(C)c(O)cc3oc-2cc1=O. The molecule has 0 amide bonds. The average molecular weight is 727 g/mol. The summed E-state index contributed by atoms with van der Waals surface area (Å²) in [5.41, 5.74) is -0.325. The van der Waals surface area contributed by atoms with E-state index >= 15 is 0 Å². The smallest absolute Gasteiger partial charge is 0.336 e. The molecule has 0 unspecified atom stereocenters. The van der Waals surface area contributed by atoms with Crippen LogP contribution in [-0.2, 0) is 23.9 Å². The standard InChI is InChI=1S/C34H34N2O16/c1-17-7-20-25(11-23(17)37)52-26-12-24(38)28(49-2)10-21(26)33(20)18-8-22(36(15-31(43)44)16-32(45)46)27(9-19(18)34(47)48)51-6-5-50-4-3-35(13-29(39)40)14-30(41)42/h7-12,37H,3-6,13-16H2,1-2H3,(H,39,40)(H,41,42)(H,43,44)(H,45,46)(H,47,48). The number of phenolic OH excluding ortho intramolecular Hbond substituents is 1. The molecule has 18 nitrogen and oxygen atoms in total. The lowest BCUT2D eigenvalue weighted by Gasteiger charge is -2.26. The number of aliphatic carboxylic acids is 4. The first-order valence-electron chi connectivity index (χ1n) is 15.3. The number of fused-ring (bicyclic) bond motifs is 2. The van der Waals surface area contributed by atoms with Crippen LogP contribution in [0.2, 0.25) is 0 Å². The van der Waals surface area contributed by atoms with E-state index in [2.05, 4.69) is 0 Å². The first-order valence-corrected chi connectivity index (χ1v) is 15.3. The Morgan fingerprint density at radius 1 is 0.750 bits per heavy atom. The van der Waals surface area contributed by atoms with Crippen LogP contribution < -0.4 is 19.8 Å². The van der Waals surface area contributed by atoms with E-state index in [0.717, 1.165) is 21.9 Å². The van der Waals surface area contributed by atoms with E-state index < -0.39 is 61.5 Å². The summed E-state index contributed by atoms with van der Waals surface area (Å²) in [5, 5.41) is 58.6. The number of carboxylic acid groups (broad SMARTS) is 5. The number of anilines is 1. The highest BCUT2D eigenvalue weighted by Crippen LogP contribution is 2.46. The lowest BCUT2D eigenvalue weighted by Crippen LogP contribution is -2.37. The summed E-state index contributed by atoms with van der Waals surface area (Å²) in [6, 6.07) is 7.59. The second-order valence-electron chi connectivity index (χ2n) is 11.4. The first-order chi connectivity index (χ1) is 24.6. The molecule has 6 N–H and O–H groups in total. The quantitative estimate of drug-likeness (QED) is 0.0596. The molecule has 0 saturated heterocycles. The molecule has 1 aliphatic heterocycles. The van der Waals surface area contributed by atoms with Crippen molar-refractivity contribution in [3.05, 3.63) is 57.7 Å². The Hall–Kier alpha value is -6.40. The maximum absolute atomic E-state index is 12.9. The zero-order valence-electron chi connectivity index (χ0n) is 27.8. The average Bonchev–Trinajstić information content (AvgIpc) is 3.04. The Morgan fingerprint density at radius 3 is 1.96 bits per heavy atom. The number of carboxylic acids is 5. The van der Waals surface area contributed by atoms with Gasteiger partial charge in [-0.25, -0.2) is 4.79 Å². The van der Waals surface area contributed by atoms with Crippen molar-refractivity contribution in [3.63, 3.8) is 0 Å². The van der Waals surface area contributed by atoms with Crippen molar-refractivity contribution < 1.29 is 73.2 Å². The highest BCUT2D eigenvalue weighted by Gasteiger charge is 2.28. The first kappa shape index (κ1) is 38.4. The summed E-state index contributed by atoms with van der Waals surface area (Å²) < 4.78 is 22.5. The van der Waals surface area contributed by atoms with Gasteiger partial charge in [0.05, 0.1) is 44.7 Å². The number of hydrogen-bond donors (Lipinski definition) is 6. The number of aryl methyl sites for hydroxylation is 1. The van der Waals surface area contributed by atoms with Crippen molar-refractivity contribution in [1.29, 1.82) is 0 Å². The molecule has 0 aromatic heterocycles. The van der Waals surface area contributed by atoms with E-state index in [1.165, 1.54) is 31.4 Å². The van der Waals surface area contributed by atoms with Crippen molar-refractivity contribution >= 4 is 46.5 Å². The third kappa shape index (κ3) is 9.23. The third-order valence-electron chi connectivity index (χ3n) is 7.67. The van der Waals surface area contributed by atoms with Gasteiger partial charge in [0, 0.05) is 35.2 Å². The van der Waals surface area contributed by atoms with Crippen molar-refractivity contribution in [2.24, 2.45) is 0 Å². The van der Waals surface area contributed by atoms with E-state index in [0.29, 0.717) is 5.56 Å². The van der Waals surface area contributed by atoms with Crippen LogP contribution in [0.1, 0.15) is 15.9 Å². The van der Waals surface area contributed by atoms with Gasteiger partial charge in [0.2, 0.25) is 5.43 Å². The lowest BCUT2D eigenvalue weighted by molar-refractivity contribution is -0.142. The minimum Gasteiger partial charge on any atom is -0.508 e. The van der Waals surface area contributed by atoms with Gasteiger partial charge in [0.25, 0.3) is 0 Å². The molecule has 0 radical (unpaired) electrons. The second kappa shape index (κ2) is 16.5. The van der Waals surface area contributed by atoms with E-state index in [1.807, 2.05) is 0 Å². The fourth-order valence-corrected chi connectivity index (χ4v) is 5.46. The fourth-order valence-electron chi connectivity index (χ4n) is 5.46. The van der Waals surface area contributed by atoms with Crippen LogP contribution in [0.5, 0.6) is 17.2 Å². The summed E-state index contributed by atoms with van der Waals surface area (Å²) in [7, 11) is 1.26. The van der Waals surface area contributed by atoms with Crippen LogP contribution in [0.4, 0.5) is 5.69 Å². The monoisotopic (exact) mass is 726 g/mol. The molecule has 1 heterocycles. The van der Waals surface area contributed by atoms with E-state index in [4.69, 9.17) is 28.8 Å². The van der Waals surface area contributed by atoms with Crippen molar-refractivity contribution in [1.82, 2.24) is 4.90 Å². The number of aromatic carboxylic acids is 1. The number of rotatable bonds is 19. The lowest BCUT2D eigenvalue weighted by atomic mass is 9.89. The van der Waals surface area contributed by atoms with Crippen LogP contribution >= 0.6 is 0 Å². The van der Waals surface area contributed by atoms with Gasteiger partial charge < -0.3 is 54.2 Å². The molecule has 2 aliphatic rings. The van der Waals surface area contributed by atoms with Gasteiger partial charge in [0.15, 0.2) is 5.75 Å². The van der Waals surface area contributed by atoms with Gasteiger partial charge in [-0.1, -0.05) is 0 Å². The van der Waals surface area contributed by atoms with Crippen LogP contribution in [0.15, 0.2) is 45.6 Å². The van der Waals surface area contributed by atoms with Crippen molar-refractivity contribution in [3.8, 4) is 39.7 Å². The molecule has 0 saturated carbocycles. The number of aromatic hydroxyl groups is 1. The summed E-state index contributed by atoms with van der Waals surface area (Å²) in [4.78, 5) is 73.5. The van der Waals surface area contributed by atoms with Gasteiger partial charge in [-0.15, -0.1) is 0 Å². The number of benzene rings is 3. The minimum absolute atomic E-state index is 0.00915. The zero-order valence-corrected chi connectivity index (χ0v) is 27.8. The summed E-state index contributed by atoms with van der Waals surface area (Å²) in [6.45, 7) is -1.83. The Labute approximate surface area is 293 Å². The molecule has 18 heteroatoms. The number of phenols is 1. The number of methoxy groups -OCH3 is 1. The van der Waals surface area contributed by atoms with E-state index in [1.54, 1.807) is 6.92 Å². The predicted octanol–water partition coefficient (Wildman–Crippen LogP) is 2.13. The molecule has 0 bridgehead atoms.